The number of aliphatic carboxylic acids is 1. The summed E-state index contributed by atoms with van der Waals surface area (Å²) in [5.41, 5.74) is 2.49. The summed E-state index contributed by atoms with van der Waals surface area (Å²) in [6.07, 6.45) is 1.66. The van der Waals surface area contributed by atoms with Crippen molar-refractivity contribution in [1.29, 1.82) is 0 Å². The molecule has 0 spiro atoms. The highest BCUT2D eigenvalue weighted by molar-refractivity contribution is 6.43. The Balaban J connectivity index is 1.70. The zero-order valence-electron chi connectivity index (χ0n) is 18.8. The maximum Gasteiger partial charge on any atom is 0.341 e. The van der Waals surface area contributed by atoms with Crippen LogP contribution in [0, 0.1) is 0 Å². The monoisotopic (exact) mass is 471 g/mol. The number of fused-ring (bicyclic) bond motifs is 1. The van der Waals surface area contributed by atoms with Crippen molar-refractivity contribution in [2.24, 2.45) is 0 Å². The van der Waals surface area contributed by atoms with Crippen LogP contribution in [0.5, 0.6) is 5.75 Å². The van der Waals surface area contributed by atoms with Gasteiger partial charge in [-0.15, -0.1) is 0 Å². The molecule has 0 radical (unpaired) electrons. The van der Waals surface area contributed by atoms with E-state index in [0.29, 0.717) is 39.3 Å². The van der Waals surface area contributed by atoms with Gasteiger partial charge in [-0.05, 0) is 66.6 Å². The molecule has 0 saturated carbocycles. The molecule has 3 aromatic rings. The van der Waals surface area contributed by atoms with Crippen molar-refractivity contribution in [1.82, 2.24) is 0 Å². The Morgan fingerprint density at radius 2 is 1.54 bits per heavy atom. The van der Waals surface area contributed by atoms with Gasteiger partial charge in [-0.1, -0.05) is 30.3 Å². The number of carbonyl (C=O) groups excluding carboxylic acids is 3. The summed E-state index contributed by atoms with van der Waals surface area (Å²) >= 11 is 0. The highest BCUT2D eigenvalue weighted by Gasteiger charge is 2.35. The van der Waals surface area contributed by atoms with Crippen LogP contribution in [-0.4, -0.2) is 42.1 Å². The SMILES string of the molecule is CCOC(=O)c1ccc(N2C(=O)/C(=C/c3ccc(OCC(=O)O)cc3)c3ccccc3C2=O)cc1. The van der Waals surface area contributed by atoms with E-state index >= 15 is 0 Å². The fourth-order valence-corrected chi connectivity index (χ4v) is 3.66. The third kappa shape index (κ3) is 4.96. The summed E-state index contributed by atoms with van der Waals surface area (Å²) in [6, 6.07) is 19.5. The van der Waals surface area contributed by atoms with Crippen LogP contribution in [0.1, 0.15) is 38.8 Å². The second-order valence-electron chi connectivity index (χ2n) is 7.57. The number of anilines is 1. The van der Waals surface area contributed by atoms with Crippen molar-refractivity contribution in [3.05, 3.63) is 95.1 Å². The molecule has 0 unspecified atom stereocenters. The van der Waals surface area contributed by atoms with Crippen LogP contribution < -0.4 is 9.64 Å². The molecule has 176 valence electrons. The topological polar surface area (TPSA) is 110 Å². The summed E-state index contributed by atoms with van der Waals surface area (Å²) < 4.78 is 10.1. The first-order valence-corrected chi connectivity index (χ1v) is 10.8. The van der Waals surface area contributed by atoms with Gasteiger partial charge in [-0.3, -0.25) is 9.59 Å². The van der Waals surface area contributed by atoms with Crippen molar-refractivity contribution >= 4 is 41.1 Å². The molecule has 0 aliphatic carbocycles. The standard InChI is InChI=1S/C27H21NO7/c1-2-34-27(33)18-9-11-19(12-10-18)28-25(31)22-6-4-3-5-21(22)23(26(28)32)15-17-7-13-20(14-8-17)35-16-24(29)30/h3-15H,2,16H2,1H3,(H,29,30)/b23-15+. The maximum absolute atomic E-state index is 13.5. The number of carboxylic acid groups (broad SMARTS) is 1. The van der Waals surface area contributed by atoms with Gasteiger partial charge in [0.1, 0.15) is 5.75 Å². The lowest BCUT2D eigenvalue weighted by molar-refractivity contribution is -0.139. The lowest BCUT2D eigenvalue weighted by Gasteiger charge is -2.28. The Labute approximate surface area is 201 Å². The first-order valence-electron chi connectivity index (χ1n) is 10.8. The van der Waals surface area contributed by atoms with E-state index in [1.165, 1.54) is 24.3 Å². The number of hydrogen-bond donors (Lipinski definition) is 1. The van der Waals surface area contributed by atoms with E-state index in [-0.39, 0.29) is 6.61 Å². The summed E-state index contributed by atoms with van der Waals surface area (Å²) in [5.74, 6) is -2.17. The van der Waals surface area contributed by atoms with E-state index in [1.807, 2.05) is 0 Å². The van der Waals surface area contributed by atoms with E-state index in [0.717, 1.165) is 4.90 Å². The molecule has 0 atom stereocenters. The average Bonchev–Trinajstić information content (AvgIpc) is 2.86. The number of carboxylic acids is 1. The quantitative estimate of drug-likeness (QED) is 0.314. The molecule has 2 amide bonds. The molecule has 0 fully saturated rings. The number of carbonyl (C=O) groups is 4. The number of hydrogen-bond acceptors (Lipinski definition) is 6. The molecule has 1 heterocycles. The Morgan fingerprint density at radius 3 is 2.17 bits per heavy atom. The van der Waals surface area contributed by atoms with E-state index in [9.17, 15) is 19.2 Å². The fraction of sp³-hybridized carbons (Fsp3) is 0.111. The van der Waals surface area contributed by atoms with Crippen LogP contribution >= 0.6 is 0 Å². The molecule has 35 heavy (non-hydrogen) atoms. The Kier molecular flexibility index (Phi) is 6.73. The van der Waals surface area contributed by atoms with Crippen molar-refractivity contribution in [2.75, 3.05) is 18.1 Å². The van der Waals surface area contributed by atoms with Crippen LogP contribution in [0.15, 0.2) is 72.8 Å². The summed E-state index contributed by atoms with van der Waals surface area (Å²) in [5, 5.41) is 8.75. The van der Waals surface area contributed by atoms with E-state index in [4.69, 9.17) is 14.6 Å². The van der Waals surface area contributed by atoms with Gasteiger partial charge in [0.05, 0.1) is 17.9 Å². The van der Waals surface area contributed by atoms with E-state index in [2.05, 4.69) is 0 Å². The van der Waals surface area contributed by atoms with Crippen molar-refractivity contribution < 1.29 is 33.8 Å². The van der Waals surface area contributed by atoms with Gasteiger partial charge in [0.25, 0.3) is 11.8 Å². The smallest absolute Gasteiger partial charge is 0.341 e. The second-order valence-corrected chi connectivity index (χ2v) is 7.57. The molecule has 1 N–H and O–H groups in total. The third-order valence-electron chi connectivity index (χ3n) is 5.27. The Bertz CT molecular complexity index is 1320. The number of amides is 2. The number of esters is 1. The number of imide groups is 1. The molecular weight excluding hydrogens is 450 g/mol. The van der Waals surface area contributed by atoms with Crippen LogP contribution in [0.3, 0.4) is 0 Å². The van der Waals surface area contributed by atoms with Gasteiger partial charge in [0.15, 0.2) is 6.61 Å². The number of nitrogens with zero attached hydrogens (tertiary/aromatic N) is 1. The highest BCUT2D eigenvalue weighted by atomic mass is 16.5. The zero-order valence-corrected chi connectivity index (χ0v) is 18.8. The first-order chi connectivity index (χ1) is 16.9. The molecule has 1 aliphatic heterocycles. The maximum atomic E-state index is 13.5. The largest absolute Gasteiger partial charge is 0.482 e. The lowest BCUT2D eigenvalue weighted by Crippen LogP contribution is -2.41. The van der Waals surface area contributed by atoms with Crippen LogP contribution in [0.2, 0.25) is 0 Å². The molecule has 4 rings (SSSR count). The molecule has 0 bridgehead atoms. The van der Waals surface area contributed by atoms with Crippen LogP contribution in [-0.2, 0) is 14.3 Å². The average molecular weight is 471 g/mol. The van der Waals surface area contributed by atoms with Gasteiger partial charge in [0, 0.05) is 11.1 Å². The molecule has 3 aromatic carbocycles. The Hall–Kier alpha value is -4.72. The van der Waals surface area contributed by atoms with Gasteiger partial charge < -0.3 is 14.6 Å². The second kappa shape index (κ2) is 10.0. The van der Waals surface area contributed by atoms with Crippen LogP contribution in [0.4, 0.5) is 5.69 Å². The number of rotatable bonds is 7. The number of benzene rings is 3. The molecule has 0 saturated heterocycles. The van der Waals surface area contributed by atoms with Crippen molar-refractivity contribution in [3.63, 3.8) is 0 Å². The summed E-state index contributed by atoms with van der Waals surface area (Å²) in [7, 11) is 0. The molecular formula is C27H21NO7. The summed E-state index contributed by atoms with van der Waals surface area (Å²) in [6.45, 7) is 1.48. The zero-order chi connectivity index (χ0) is 24.9. The third-order valence-corrected chi connectivity index (χ3v) is 5.27. The first kappa shape index (κ1) is 23.4. The number of ether oxygens (including phenoxy) is 2. The molecule has 8 nitrogen and oxygen atoms in total. The van der Waals surface area contributed by atoms with Crippen LogP contribution in [0.25, 0.3) is 11.6 Å². The minimum Gasteiger partial charge on any atom is -0.482 e. The molecule has 8 heteroatoms. The van der Waals surface area contributed by atoms with Gasteiger partial charge in [0.2, 0.25) is 0 Å². The normalized spacial score (nSPS) is 14.0. The molecule has 1 aliphatic rings. The predicted molar refractivity (Wildman–Crippen MR) is 128 cm³/mol. The predicted octanol–water partition coefficient (Wildman–Crippen LogP) is 4.05. The minimum atomic E-state index is -1.08. The van der Waals surface area contributed by atoms with E-state index in [1.54, 1.807) is 61.5 Å². The van der Waals surface area contributed by atoms with Gasteiger partial charge >= 0.3 is 11.9 Å². The van der Waals surface area contributed by atoms with Crippen molar-refractivity contribution in [2.45, 2.75) is 6.92 Å². The Morgan fingerprint density at radius 1 is 0.886 bits per heavy atom. The minimum absolute atomic E-state index is 0.237. The summed E-state index contributed by atoms with van der Waals surface area (Å²) in [4.78, 5) is 50.5. The fourth-order valence-electron chi connectivity index (χ4n) is 3.66. The van der Waals surface area contributed by atoms with Gasteiger partial charge in [-0.25, -0.2) is 14.5 Å². The van der Waals surface area contributed by atoms with Gasteiger partial charge in [-0.2, -0.15) is 0 Å². The van der Waals surface area contributed by atoms with E-state index < -0.39 is 30.4 Å². The highest BCUT2D eigenvalue weighted by Crippen LogP contribution is 2.33. The molecule has 0 aromatic heterocycles. The lowest BCUT2D eigenvalue weighted by atomic mass is 9.91. The van der Waals surface area contributed by atoms with Crippen molar-refractivity contribution in [3.8, 4) is 5.75 Å².